The number of rotatable bonds is 5. The van der Waals surface area contributed by atoms with Gasteiger partial charge in [0, 0.05) is 17.3 Å². The van der Waals surface area contributed by atoms with Crippen molar-refractivity contribution < 1.29 is 31.9 Å². The Morgan fingerprint density at radius 2 is 1.75 bits per heavy atom. The number of aliphatic hydroxyl groups is 1. The van der Waals surface area contributed by atoms with E-state index >= 15 is 0 Å². The molecule has 0 saturated heterocycles. The molecule has 0 aliphatic heterocycles. The lowest BCUT2D eigenvalue weighted by molar-refractivity contribution is -0.135. The number of aldehydes is 1. The average molecular weight is 484 g/mol. The average Bonchev–Trinajstić information content (AvgIpc) is 2.92. The molecule has 0 aromatic heterocycles. The summed E-state index contributed by atoms with van der Waals surface area (Å²) in [5.74, 6) is -3.81. The van der Waals surface area contributed by atoms with Gasteiger partial charge in [-0.1, -0.05) is 11.6 Å². The highest BCUT2D eigenvalue weighted by Gasteiger charge is 2.55. The number of carbonyl (C=O) groups excluding carboxylic acids is 2. The lowest BCUT2D eigenvalue weighted by Crippen LogP contribution is -2.49. The van der Waals surface area contributed by atoms with Crippen LogP contribution in [0.1, 0.15) is 36.0 Å². The molecular weight excluding hydrogens is 464 g/mol. The molecule has 2 bridgehead atoms. The van der Waals surface area contributed by atoms with E-state index in [1.165, 1.54) is 18.2 Å². The van der Waals surface area contributed by atoms with Crippen molar-refractivity contribution >= 4 is 39.3 Å². The van der Waals surface area contributed by atoms with Crippen molar-refractivity contribution in [3.8, 4) is 0 Å². The van der Waals surface area contributed by atoms with Crippen LogP contribution in [-0.2, 0) is 14.6 Å². The number of anilines is 1. The van der Waals surface area contributed by atoms with Crippen molar-refractivity contribution in [1.82, 2.24) is 0 Å². The van der Waals surface area contributed by atoms with Gasteiger partial charge in [0.05, 0.1) is 15.2 Å². The first-order valence-corrected chi connectivity index (χ1v) is 12.0. The van der Waals surface area contributed by atoms with Crippen LogP contribution in [0.5, 0.6) is 0 Å². The van der Waals surface area contributed by atoms with E-state index in [-0.39, 0.29) is 34.0 Å². The Morgan fingerprint density at radius 3 is 2.34 bits per heavy atom. The van der Waals surface area contributed by atoms with E-state index in [0.717, 1.165) is 18.2 Å². The second-order valence-electron chi connectivity index (χ2n) is 8.34. The molecule has 3 unspecified atom stereocenters. The molecule has 1 amide bonds. The molecule has 2 fully saturated rings. The number of halogens is 3. The Kier molecular flexibility index (Phi) is 5.85. The third-order valence-electron chi connectivity index (χ3n) is 6.57. The predicted octanol–water partition coefficient (Wildman–Crippen LogP) is 3.76. The summed E-state index contributed by atoms with van der Waals surface area (Å²) in [7, 11) is -3.97. The molecule has 170 valence electrons. The maximum Gasteiger partial charge on any atom is 0.255 e. The maximum atomic E-state index is 13.4. The van der Waals surface area contributed by atoms with Gasteiger partial charge in [-0.2, -0.15) is 0 Å². The van der Waals surface area contributed by atoms with Crippen LogP contribution in [0.15, 0.2) is 41.3 Å². The minimum absolute atomic E-state index is 0.00487. The van der Waals surface area contributed by atoms with Gasteiger partial charge in [0.2, 0.25) is 0 Å². The van der Waals surface area contributed by atoms with Gasteiger partial charge >= 0.3 is 0 Å². The maximum absolute atomic E-state index is 13.4. The number of hydrogen-bond donors (Lipinski definition) is 2. The Hall–Kier alpha value is -2.36. The number of benzene rings is 2. The van der Waals surface area contributed by atoms with E-state index in [4.69, 9.17) is 11.6 Å². The molecule has 10 heteroatoms. The van der Waals surface area contributed by atoms with Gasteiger partial charge in [-0.25, -0.2) is 17.2 Å². The number of hydrogen-bond acceptors (Lipinski definition) is 5. The van der Waals surface area contributed by atoms with E-state index in [2.05, 4.69) is 5.32 Å². The lowest BCUT2D eigenvalue weighted by Gasteiger charge is -2.38. The normalized spacial score (nSPS) is 27.2. The standard InChI is InChI=1S/C22H20ClF2NO5S/c23-17-5-1-12(21(28)26-15-4-6-18(24)19(25)10-15)7-20(17)32(30,31)16-8-13-2-3-14(9-16)22(13,29)11-27/h1,4-7,10-11,13-14,16,29H,2-3,8-9H2,(H,26,28)/t13-,14?,16?,22?/m0/s1. The fourth-order valence-corrected chi connectivity index (χ4v) is 7.21. The zero-order valence-corrected chi connectivity index (χ0v) is 18.3. The molecule has 0 radical (unpaired) electrons. The van der Waals surface area contributed by atoms with Crippen LogP contribution in [0.25, 0.3) is 0 Å². The summed E-state index contributed by atoms with van der Waals surface area (Å²) in [5, 5.41) is 12.1. The van der Waals surface area contributed by atoms with Gasteiger partial charge < -0.3 is 15.2 Å². The number of nitrogens with one attached hydrogen (secondary N) is 1. The van der Waals surface area contributed by atoms with E-state index < -0.39 is 50.1 Å². The predicted molar refractivity (Wildman–Crippen MR) is 113 cm³/mol. The van der Waals surface area contributed by atoms with E-state index in [9.17, 15) is 31.9 Å². The minimum Gasteiger partial charge on any atom is -0.382 e. The molecule has 2 aromatic carbocycles. The third-order valence-corrected chi connectivity index (χ3v) is 9.23. The van der Waals surface area contributed by atoms with Crippen molar-refractivity contribution in [1.29, 1.82) is 0 Å². The molecule has 0 heterocycles. The Bertz CT molecular complexity index is 1190. The first-order valence-electron chi connectivity index (χ1n) is 10.0. The van der Waals surface area contributed by atoms with Crippen LogP contribution in [-0.4, -0.2) is 36.6 Å². The zero-order chi connectivity index (χ0) is 23.3. The van der Waals surface area contributed by atoms with Gasteiger partial charge in [0.15, 0.2) is 27.8 Å². The summed E-state index contributed by atoms with van der Waals surface area (Å²) in [6.07, 6.45) is 1.90. The second kappa shape index (κ2) is 8.20. The van der Waals surface area contributed by atoms with E-state index in [1.54, 1.807) is 0 Å². The van der Waals surface area contributed by atoms with Crippen LogP contribution in [0.2, 0.25) is 5.02 Å². The highest BCUT2D eigenvalue weighted by Crippen LogP contribution is 2.51. The third kappa shape index (κ3) is 3.82. The highest BCUT2D eigenvalue weighted by molar-refractivity contribution is 7.92. The molecule has 4 rings (SSSR count). The number of sulfone groups is 1. The molecule has 2 N–H and O–H groups in total. The van der Waals surface area contributed by atoms with Gasteiger partial charge in [-0.3, -0.25) is 4.79 Å². The first-order chi connectivity index (χ1) is 15.1. The molecule has 4 atom stereocenters. The molecule has 6 nitrogen and oxygen atoms in total. The fourth-order valence-electron chi connectivity index (χ4n) is 4.81. The van der Waals surface area contributed by atoms with Gasteiger partial charge in [-0.15, -0.1) is 0 Å². The lowest BCUT2D eigenvalue weighted by atomic mass is 9.75. The summed E-state index contributed by atoms with van der Waals surface area (Å²) in [4.78, 5) is 23.8. The number of carbonyl (C=O) groups is 2. The Morgan fingerprint density at radius 1 is 1.09 bits per heavy atom. The first kappa shape index (κ1) is 22.8. The SMILES string of the molecule is O=CC1(O)C2CC[C@H]1CC(S(=O)(=O)c1cc(C(=O)Nc3ccc(F)c(F)c3)ccc1Cl)C2. The summed E-state index contributed by atoms with van der Waals surface area (Å²) >= 11 is 6.17. The van der Waals surface area contributed by atoms with Crippen LogP contribution in [0, 0.1) is 23.5 Å². The van der Waals surface area contributed by atoms with Gasteiger partial charge in [-0.05, 0) is 67.9 Å². The molecule has 2 aromatic rings. The summed E-state index contributed by atoms with van der Waals surface area (Å²) in [6, 6.07) is 6.61. The zero-order valence-electron chi connectivity index (χ0n) is 16.7. The number of amides is 1. The molecular formula is C22H20ClF2NO5S. The number of fused-ring (bicyclic) bond motifs is 2. The topological polar surface area (TPSA) is 101 Å². The van der Waals surface area contributed by atoms with Crippen molar-refractivity contribution in [2.45, 2.75) is 41.4 Å². The van der Waals surface area contributed by atoms with Crippen molar-refractivity contribution in [3.05, 3.63) is 58.6 Å². The summed E-state index contributed by atoms with van der Waals surface area (Å²) < 4.78 is 53.2. The van der Waals surface area contributed by atoms with Gasteiger partial charge in [0.25, 0.3) is 5.91 Å². The Labute approximate surface area is 188 Å². The van der Waals surface area contributed by atoms with Crippen molar-refractivity contribution in [2.24, 2.45) is 11.8 Å². The molecule has 2 aliphatic carbocycles. The van der Waals surface area contributed by atoms with E-state index in [1.807, 2.05) is 0 Å². The molecule has 2 aliphatic rings. The largest absolute Gasteiger partial charge is 0.382 e. The second-order valence-corrected chi connectivity index (χ2v) is 10.9. The van der Waals surface area contributed by atoms with Crippen molar-refractivity contribution in [2.75, 3.05) is 5.32 Å². The van der Waals surface area contributed by atoms with Crippen LogP contribution in [0.4, 0.5) is 14.5 Å². The molecule has 0 spiro atoms. The van der Waals surface area contributed by atoms with Gasteiger partial charge in [0.1, 0.15) is 5.60 Å². The van der Waals surface area contributed by atoms with Crippen LogP contribution >= 0.6 is 11.6 Å². The fraction of sp³-hybridized carbons (Fsp3) is 0.364. The van der Waals surface area contributed by atoms with E-state index in [0.29, 0.717) is 19.1 Å². The highest BCUT2D eigenvalue weighted by atomic mass is 35.5. The molecule has 32 heavy (non-hydrogen) atoms. The minimum atomic E-state index is -3.97. The summed E-state index contributed by atoms with van der Waals surface area (Å²) in [6.45, 7) is 0. The van der Waals surface area contributed by atoms with Crippen LogP contribution in [0.3, 0.4) is 0 Å². The smallest absolute Gasteiger partial charge is 0.255 e. The summed E-state index contributed by atoms with van der Waals surface area (Å²) in [5.41, 5.74) is -1.52. The quantitative estimate of drug-likeness (QED) is 0.631. The molecule has 2 saturated carbocycles. The monoisotopic (exact) mass is 483 g/mol. The van der Waals surface area contributed by atoms with Crippen molar-refractivity contribution in [3.63, 3.8) is 0 Å². The van der Waals surface area contributed by atoms with Crippen LogP contribution < -0.4 is 5.32 Å². The Balaban J connectivity index is 1.60.